The number of thioether (sulfide) groups is 1. The molecule has 0 fully saturated rings. The molecule has 0 unspecified atom stereocenters. The normalized spacial score (nSPS) is 10.3. The average Bonchev–Trinajstić information content (AvgIpc) is 2.23. The van der Waals surface area contributed by atoms with Crippen molar-refractivity contribution in [2.75, 3.05) is 25.7 Å². The van der Waals surface area contributed by atoms with Gasteiger partial charge in [0.15, 0.2) is 0 Å². The van der Waals surface area contributed by atoms with E-state index in [1.807, 2.05) is 25.2 Å². The van der Waals surface area contributed by atoms with Crippen molar-refractivity contribution in [1.29, 1.82) is 0 Å². The second-order valence-electron chi connectivity index (χ2n) is 3.09. The fraction of sp³-hybridized carbons (Fsp3) is 0.455. The topological polar surface area (TPSA) is 21.3 Å². The molecule has 0 saturated carbocycles. The van der Waals surface area contributed by atoms with E-state index in [1.54, 1.807) is 11.8 Å². The predicted molar refractivity (Wildman–Crippen MR) is 68.1 cm³/mol. The minimum absolute atomic E-state index is 0.720. The summed E-state index contributed by atoms with van der Waals surface area (Å²) in [5.41, 5.74) is 1.03. The first kappa shape index (κ1) is 12.7. The van der Waals surface area contributed by atoms with Gasteiger partial charge in [-0.1, -0.05) is 17.7 Å². The third kappa shape index (κ3) is 3.93. The van der Waals surface area contributed by atoms with E-state index >= 15 is 0 Å². The minimum atomic E-state index is 0.720. The van der Waals surface area contributed by atoms with Crippen LogP contribution in [0.4, 0.5) is 0 Å². The third-order valence-corrected chi connectivity index (χ3v) is 2.90. The Labute approximate surface area is 100 Å². The number of halogens is 1. The fourth-order valence-corrected chi connectivity index (χ4v) is 1.74. The molecule has 0 radical (unpaired) electrons. The van der Waals surface area contributed by atoms with Gasteiger partial charge in [-0.2, -0.15) is 11.8 Å². The summed E-state index contributed by atoms with van der Waals surface area (Å²) in [6.45, 7) is 1.45. The zero-order valence-corrected chi connectivity index (χ0v) is 10.6. The summed E-state index contributed by atoms with van der Waals surface area (Å²) in [6, 6.07) is 5.75. The van der Waals surface area contributed by atoms with Crippen molar-refractivity contribution in [1.82, 2.24) is 5.32 Å². The van der Waals surface area contributed by atoms with Gasteiger partial charge in [-0.25, -0.2) is 0 Å². The van der Waals surface area contributed by atoms with E-state index in [9.17, 15) is 0 Å². The highest BCUT2D eigenvalue weighted by molar-refractivity contribution is 7.98. The van der Waals surface area contributed by atoms with Crippen molar-refractivity contribution in [3.63, 3.8) is 0 Å². The lowest BCUT2D eigenvalue weighted by atomic mass is 10.2. The summed E-state index contributed by atoms with van der Waals surface area (Å²) in [4.78, 5) is 0. The van der Waals surface area contributed by atoms with Gasteiger partial charge in [0.05, 0.1) is 6.61 Å². The Hall–Kier alpha value is -0.380. The molecular formula is C11H16ClNOS. The highest BCUT2D eigenvalue weighted by atomic mass is 35.5. The van der Waals surface area contributed by atoms with Crippen molar-refractivity contribution in [3.05, 3.63) is 28.8 Å². The van der Waals surface area contributed by atoms with Crippen molar-refractivity contribution in [2.45, 2.75) is 6.54 Å². The van der Waals surface area contributed by atoms with Crippen molar-refractivity contribution < 1.29 is 4.74 Å². The molecule has 0 aromatic heterocycles. The molecule has 0 aliphatic carbocycles. The second kappa shape index (κ2) is 6.99. The van der Waals surface area contributed by atoms with Gasteiger partial charge in [0.25, 0.3) is 0 Å². The molecule has 1 aromatic carbocycles. The molecule has 1 aromatic rings. The third-order valence-electron chi connectivity index (χ3n) is 1.97. The molecule has 1 N–H and O–H groups in total. The van der Waals surface area contributed by atoms with Crippen molar-refractivity contribution in [3.8, 4) is 5.75 Å². The van der Waals surface area contributed by atoms with Crippen LogP contribution < -0.4 is 10.1 Å². The zero-order valence-electron chi connectivity index (χ0n) is 9.05. The number of rotatable bonds is 6. The number of hydrogen-bond acceptors (Lipinski definition) is 3. The van der Waals surface area contributed by atoms with Crippen LogP contribution in [0.2, 0.25) is 5.02 Å². The Morgan fingerprint density at radius 3 is 2.93 bits per heavy atom. The second-order valence-corrected chi connectivity index (χ2v) is 4.48. The Kier molecular flexibility index (Phi) is 5.91. The van der Waals surface area contributed by atoms with Crippen molar-refractivity contribution >= 4 is 23.4 Å². The van der Waals surface area contributed by atoms with E-state index in [1.165, 1.54) is 0 Å². The van der Waals surface area contributed by atoms with E-state index in [-0.39, 0.29) is 0 Å². The van der Waals surface area contributed by atoms with Gasteiger partial charge >= 0.3 is 0 Å². The van der Waals surface area contributed by atoms with Crippen LogP contribution in [-0.2, 0) is 6.54 Å². The Morgan fingerprint density at radius 1 is 1.47 bits per heavy atom. The molecule has 1 rings (SSSR count). The minimum Gasteiger partial charge on any atom is -0.492 e. The maximum Gasteiger partial charge on any atom is 0.125 e. The van der Waals surface area contributed by atoms with Gasteiger partial charge in [0, 0.05) is 22.9 Å². The monoisotopic (exact) mass is 245 g/mol. The van der Waals surface area contributed by atoms with E-state index < -0.39 is 0 Å². The first-order valence-electron chi connectivity index (χ1n) is 4.83. The van der Waals surface area contributed by atoms with Crippen molar-refractivity contribution in [2.24, 2.45) is 0 Å². The number of benzene rings is 1. The Bertz CT molecular complexity index is 307. The maximum absolute atomic E-state index is 6.10. The fourth-order valence-electron chi connectivity index (χ4n) is 1.26. The smallest absolute Gasteiger partial charge is 0.125 e. The van der Waals surface area contributed by atoms with E-state index in [2.05, 4.69) is 11.6 Å². The molecule has 0 amide bonds. The summed E-state index contributed by atoms with van der Waals surface area (Å²) >= 11 is 7.87. The lowest BCUT2D eigenvalue weighted by Gasteiger charge is -2.12. The van der Waals surface area contributed by atoms with Crippen LogP contribution in [0.25, 0.3) is 0 Å². The standard InChI is InChI=1S/C11H16ClNOS/c1-13-8-9-10(12)4-3-5-11(9)14-6-7-15-2/h3-5,13H,6-8H2,1-2H3. The van der Waals surface area contributed by atoms with Crippen LogP contribution in [0.15, 0.2) is 18.2 Å². The lowest BCUT2D eigenvalue weighted by Crippen LogP contribution is -2.09. The molecule has 0 bridgehead atoms. The lowest BCUT2D eigenvalue weighted by molar-refractivity contribution is 0.339. The molecule has 0 spiro atoms. The van der Waals surface area contributed by atoms with Gasteiger partial charge in [-0.05, 0) is 25.4 Å². The summed E-state index contributed by atoms with van der Waals surface area (Å²) in [6.07, 6.45) is 2.07. The predicted octanol–water partition coefficient (Wildman–Crippen LogP) is 2.80. The molecule has 2 nitrogen and oxygen atoms in total. The zero-order chi connectivity index (χ0) is 11.1. The molecule has 0 heterocycles. The van der Waals surface area contributed by atoms with Gasteiger partial charge in [-0.3, -0.25) is 0 Å². The van der Waals surface area contributed by atoms with Crippen LogP contribution in [0.5, 0.6) is 5.75 Å². The first-order chi connectivity index (χ1) is 7.29. The number of ether oxygens (including phenoxy) is 1. The van der Waals surface area contributed by atoms with Crippen LogP contribution in [-0.4, -0.2) is 25.7 Å². The molecule has 84 valence electrons. The Morgan fingerprint density at radius 2 is 2.27 bits per heavy atom. The highest BCUT2D eigenvalue weighted by Gasteiger charge is 2.06. The maximum atomic E-state index is 6.10. The van der Waals surface area contributed by atoms with Crippen LogP contribution in [0.3, 0.4) is 0 Å². The van der Waals surface area contributed by atoms with E-state index in [0.29, 0.717) is 0 Å². The Balaban J connectivity index is 2.71. The number of hydrogen-bond donors (Lipinski definition) is 1. The average molecular weight is 246 g/mol. The van der Waals surface area contributed by atoms with Crippen LogP contribution in [0.1, 0.15) is 5.56 Å². The van der Waals surface area contributed by atoms with Crippen LogP contribution in [0, 0.1) is 0 Å². The SMILES string of the molecule is CNCc1c(Cl)cccc1OCCSC. The van der Waals surface area contributed by atoms with Gasteiger partial charge < -0.3 is 10.1 Å². The van der Waals surface area contributed by atoms with E-state index in [4.69, 9.17) is 16.3 Å². The molecule has 0 atom stereocenters. The summed E-state index contributed by atoms with van der Waals surface area (Å²) in [7, 11) is 1.90. The molecule has 0 aliphatic heterocycles. The molecule has 15 heavy (non-hydrogen) atoms. The van der Waals surface area contributed by atoms with Gasteiger partial charge in [-0.15, -0.1) is 0 Å². The van der Waals surface area contributed by atoms with Gasteiger partial charge in [0.2, 0.25) is 0 Å². The van der Waals surface area contributed by atoms with Crippen LogP contribution >= 0.6 is 23.4 Å². The van der Waals surface area contributed by atoms with E-state index in [0.717, 1.165) is 35.2 Å². The molecule has 0 saturated heterocycles. The summed E-state index contributed by atoms with van der Waals surface area (Å²) in [5, 5.41) is 3.84. The molecule has 4 heteroatoms. The molecule has 0 aliphatic rings. The quantitative estimate of drug-likeness (QED) is 0.779. The highest BCUT2D eigenvalue weighted by Crippen LogP contribution is 2.26. The molecular weight excluding hydrogens is 230 g/mol. The number of nitrogens with one attached hydrogen (secondary N) is 1. The first-order valence-corrected chi connectivity index (χ1v) is 6.60. The van der Waals surface area contributed by atoms with Gasteiger partial charge in [0.1, 0.15) is 5.75 Å². The summed E-state index contributed by atoms with van der Waals surface area (Å²) < 4.78 is 5.67. The summed E-state index contributed by atoms with van der Waals surface area (Å²) in [5.74, 6) is 1.87. The largest absolute Gasteiger partial charge is 0.492 e.